The van der Waals surface area contributed by atoms with Gasteiger partial charge in [0.1, 0.15) is 5.82 Å². The minimum atomic E-state index is 0.949. The summed E-state index contributed by atoms with van der Waals surface area (Å²) in [5.41, 5.74) is 1.04. The summed E-state index contributed by atoms with van der Waals surface area (Å²) in [5, 5.41) is 0. The molecule has 0 radical (unpaired) electrons. The fraction of sp³-hybridized carbons (Fsp3) is 0.222. The number of imidazole rings is 1. The Balaban J connectivity index is 2.64. The minimum absolute atomic E-state index is 0.949. The van der Waals surface area contributed by atoms with Crippen LogP contribution in [0.2, 0.25) is 0 Å². The Morgan fingerprint density at radius 3 is 2.82 bits per heavy atom. The monoisotopic (exact) mass is 148 g/mol. The molecule has 0 aliphatic rings. The molecule has 2 nitrogen and oxygen atoms in total. The number of hydrogen-bond donors (Lipinski definition) is 1. The maximum atomic E-state index is 4.06. The van der Waals surface area contributed by atoms with Crippen molar-refractivity contribution in [2.24, 2.45) is 0 Å². The van der Waals surface area contributed by atoms with Crippen molar-refractivity contribution in [2.75, 3.05) is 0 Å². The van der Waals surface area contributed by atoms with Crippen molar-refractivity contribution in [3.05, 3.63) is 35.9 Å². The van der Waals surface area contributed by atoms with Crippen LogP contribution in [-0.2, 0) is 0 Å². The lowest BCUT2D eigenvalue weighted by atomic mass is 10.4. The zero-order chi connectivity index (χ0) is 8.10. The fourth-order valence-corrected chi connectivity index (χ4v) is 0.795. The second-order valence-electron chi connectivity index (χ2n) is 2.31. The molecule has 2 heteroatoms. The Labute approximate surface area is 66.7 Å². The SMILES string of the molecule is C/C=C\C=C/c1cnc(C)[nH]1. The van der Waals surface area contributed by atoms with Gasteiger partial charge in [0.15, 0.2) is 0 Å². The van der Waals surface area contributed by atoms with Gasteiger partial charge in [-0.1, -0.05) is 18.2 Å². The van der Waals surface area contributed by atoms with Crippen LogP contribution in [0.5, 0.6) is 0 Å². The number of aryl methyl sites for hydroxylation is 1. The molecule has 0 saturated carbocycles. The third-order valence-corrected chi connectivity index (χ3v) is 1.30. The summed E-state index contributed by atoms with van der Waals surface area (Å²) in [6.07, 6.45) is 9.75. The molecule has 11 heavy (non-hydrogen) atoms. The van der Waals surface area contributed by atoms with E-state index in [-0.39, 0.29) is 0 Å². The van der Waals surface area contributed by atoms with Crippen molar-refractivity contribution < 1.29 is 0 Å². The molecule has 0 fully saturated rings. The Hall–Kier alpha value is -1.31. The van der Waals surface area contributed by atoms with Gasteiger partial charge in [-0.3, -0.25) is 0 Å². The molecule has 0 atom stereocenters. The lowest BCUT2D eigenvalue weighted by Crippen LogP contribution is -1.71. The van der Waals surface area contributed by atoms with Crippen LogP contribution < -0.4 is 0 Å². The van der Waals surface area contributed by atoms with Gasteiger partial charge in [0.25, 0.3) is 0 Å². The molecule has 0 unspecified atom stereocenters. The van der Waals surface area contributed by atoms with Crippen LogP contribution in [-0.4, -0.2) is 9.97 Å². The quantitative estimate of drug-likeness (QED) is 0.640. The lowest BCUT2D eigenvalue weighted by Gasteiger charge is -1.80. The van der Waals surface area contributed by atoms with Crippen molar-refractivity contribution in [1.29, 1.82) is 0 Å². The second kappa shape index (κ2) is 3.76. The smallest absolute Gasteiger partial charge is 0.103 e. The molecule has 0 amide bonds. The highest BCUT2D eigenvalue weighted by Gasteiger charge is 1.87. The predicted octanol–water partition coefficient (Wildman–Crippen LogP) is 2.31. The molecule has 0 bridgehead atoms. The van der Waals surface area contributed by atoms with Crippen LogP contribution in [0.15, 0.2) is 24.4 Å². The number of aromatic amines is 1. The van der Waals surface area contributed by atoms with E-state index < -0.39 is 0 Å². The highest BCUT2D eigenvalue weighted by atomic mass is 14.9. The van der Waals surface area contributed by atoms with Gasteiger partial charge in [0.05, 0.1) is 11.9 Å². The van der Waals surface area contributed by atoms with Crippen LogP contribution in [0, 0.1) is 6.92 Å². The van der Waals surface area contributed by atoms with Crippen LogP contribution in [0.1, 0.15) is 18.4 Å². The summed E-state index contributed by atoms with van der Waals surface area (Å²) >= 11 is 0. The average molecular weight is 148 g/mol. The maximum Gasteiger partial charge on any atom is 0.103 e. The number of nitrogens with zero attached hydrogens (tertiary/aromatic N) is 1. The molecule has 1 rings (SSSR count). The van der Waals surface area contributed by atoms with Gasteiger partial charge in [-0.2, -0.15) is 0 Å². The van der Waals surface area contributed by atoms with Gasteiger partial charge in [-0.15, -0.1) is 0 Å². The molecule has 0 spiro atoms. The zero-order valence-electron chi connectivity index (χ0n) is 6.83. The predicted molar refractivity (Wildman–Crippen MR) is 47.2 cm³/mol. The molecule has 0 aliphatic heterocycles. The van der Waals surface area contributed by atoms with E-state index in [4.69, 9.17) is 0 Å². The Kier molecular flexibility index (Phi) is 2.66. The van der Waals surface area contributed by atoms with E-state index in [0.717, 1.165) is 11.5 Å². The summed E-state index contributed by atoms with van der Waals surface area (Å²) in [7, 11) is 0. The van der Waals surface area contributed by atoms with E-state index in [1.54, 1.807) is 0 Å². The van der Waals surface area contributed by atoms with Crippen molar-refractivity contribution in [3.63, 3.8) is 0 Å². The van der Waals surface area contributed by atoms with Crippen LogP contribution in [0.4, 0.5) is 0 Å². The summed E-state index contributed by atoms with van der Waals surface area (Å²) in [5.74, 6) is 0.949. The summed E-state index contributed by atoms with van der Waals surface area (Å²) in [4.78, 5) is 7.17. The molecule has 1 aromatic rings. The Bertz CT molecular complexity index is 269. The number of H-pyrrole nitrogens is 1. The number of allylic oxidation sites excluding steroid dienone is 3. The van der Waals surface area contributed by atoms with E-state index >= 15 is 0 Å². The normalized spacial score (nSPS) is 11.8. The third-order valence-electron chi connectivity index (χ3n) is 1.30. The molecule has 0 saturated heterocycles. The molecule has 1 aromatic heterocycles. The van der Waals surface area contributed by atoms with Gasteiger partial charge in [-0.25, -0.2) is 4.98 Å². The molecule has 1 heterocycles. The molecule has 0 aromatic carbocycles. The van der Waals surface area contributed by atoms with Crippen molar-refractivity contribution >= 4 is 6.08 Å². The maximum absolute atomic E-state index is 4.06. The number of rotatable bonds is 2. The van der Waals surface area contributed by atoms with Crippen LogP contribution in [0.25, 0.3) is 6.08 Å². The number of hydrogen-bond acceptors (Lipinski definition) is 1. The molecule has 0 aliphatic carbocycles. The second-order valence-corrected chi connectivity index (χ2v) is 2.31. The fourth-order valence-electron chi connectivity index (χ4n) is 0.795. The zero-order valence-corrected chi connectivity index (χ0v) is 6.83. The largest absolute Gasteiger partial charge is 0.343 e. The van der Waals surface area contributed by atoms with Gasteiger partial charge >= 0.3 is 0 Å². The molecular weight excluding hydrogens is 136 g/mol. The molecule has 58 valence electrons. The molecular formula is C9H12N2. The first-order valence-corrected chi connectivity index (χ1v) is 3.64. The number of nitrogens with one attached hydrogen (secondary N) is 1. The van der Waals surface area contributed by atoms with E-state index in [1.165, 1.54) is 0 Å². The average Bonchev–Trinajstić information content (AvgIpc) is 2.37. The third kappa shape index (κ3) is 2.42. The highest BCUT2D eigenvalue weighted by molar-refractivity contribution is 5.45. The van der Waals surface area contributed by atoms with Crippen LogP contribution >= 0.6 is 0 Å². The van der Waals surface area contributed by atoms with E-state index in [1.807, 2.05) is 44.3 Å². The van der Waals surface area contributed by atoms with Crippen molar-refractivity contribution in [3.8, 4) is 0 Å². The van der Waals surface area contributed by atoms with Crippen molar-refractivity contribution in [1.82, 2.24) is 9.97 Å². The molecule has 1 N–H and O–H groups in total. The topological polar surface area (TPSA) is 28.7 Å². The lowest BCUT2D eigenvalue weighted by molar-refractivity contribution is 1.15. The van der Waals surface area contributed by atoms with Crippen molar-refractivity contribution in [2.45, 2.75) is 13.8 Å². The van der Waals surface area contributed by atoms with Crippen LogP contribution in [0.3, 0.4) is 0 Å². The minimum Gasteiger partial charge on any atom is -0.343 e. The highest BCUT2D eigenvalue weighted by Crippen LogP contribution is 1.97. The summed E-state index contributed by atoms with van der Waals surface area (Å²) < 4.78 is 0. The first kappa shape index (κ1) is 7.79. The van der Waals surface area contributed by atoms with Gasteiger partial charge < -0.3 is 4.98 Å². The van der Waals surface area contributed by atoms with Gasteiger partial charge in [0.2, 0.25) is 0 Å². The summed E-state index contributed by atoms with van der Waals surface area (Å²) in [6.45, 7) is 3.93. The number of aromatic nitrogens is 2. The van der Waals surface area contributed by atoms with E-state index in [9.17, 15) is 0 Å². The summed E-state index contributed by atoms with van der Waals surface area (Å²) in [6, 6.07) is 0. The first-order valence-electron chi connectivity index (χ1n) is 3.64. The standard InChI is InChI=1S/C9H12N2/c1-3-4-5-6-9-7-10-8(2)11-9/h3-7H,1-2H3,(H,10,11)/b4-3-,6-5-. The van der Waals surface area contributed by atoms with E-state index in [2.05, 4.69) is 9.97 Å². The Morgan fingerprint density at radius 2 is 2.27 bits per heavy atom. The van der Waals surface area contributed by atoms with Gasteiger partial charge in [-0.05, 0) is 19.9 Å². The van der Waals surface area contributed by atoms with E-state index in [0.29, 0.717) is 0 Å². The van der Waals surface area contributed by atoms with Gasteiger partial charge in [0, 0.05) is 0 Å². The first-order chi connectivity index (χ1) is 5.33. The Morgan fingerprint density at radius 1 is 1.45 bits per heavy atom.